The van der Waals surface area contributed by atoms with Crippen LogP contribution in [0.5, 0.6) is 5.75 Å². The van der Waals surface area contributed by atoms with Crippen LogP contribution in [0.25, 0.3) is 0 Å². The fourth-order valence-electron chi connectivity index (χ4n) is 6.58. The Morgan fingerprint density at radius 1 is 1.07 bits per heavy atom. The summed E-state index contributed by atoms with van der Waals surface area (Å²) in [5.74, 6) is -3.21. The van der Waals surface area contributed by atoms with Crippen molar-refractivity contribution in [1.82, 2.24) is 4.90 Å². The molecule has 1 aromatic carbocycles. The van der Waals surface area contributed by atoms with Crippen molar-refractivity contribution in [3.05, 3.63) is 28.3 Å². The number of hydrogen-bond acceptors (Lipinski definition) is 15. The minimum absolute atomic E-state index is 0.00782. The highest BCUT2D eigenvalue weighted by Crippen LogP contribution is 2.58. The quantitative estimate of drug-likeness (QED) is 0.0258. The van der Waals surface area contributed by atoms with Crippen molar-refractivity contribution in [3.8, 4) is 5.75 Å². The summed E-state index contributed by atoms with van der Waals surface area (Å²) < 4.78 is 84.2. The molecule has 1 saturated heterocycles. The van der Waals surface area contributed by atoms with Crippen LogP contribution in [-0.4, -0.2) is 95.2 Å². The molecule has 23 heteroatoms. The van der Waals surface area contributed by atoms with Crippen LogP contribution in [0.1, 0.15) is 108 Å². The molecular formula is C34H54N2O17P2S2. The molecule has 1 aromatic rings. The van der Waals surface area contributed by atoms with Crippen molar-refractivity contribution in [2.45, 2.75) is 151 Å². The number of imide groups is 1. The number of thioether (sulfide) groups is 1. The standard InChI is InChI=1S/C34H54N2O17P2S2/c1-21(51-54(42,43)33(9,10)49-15-14-31(5,6)53-55(44,45)52-30(2,3)4)18-32(7,8)56-26-17-27(37)35(28(26)38)34(11)19-22(20-34)29(39)50-25-13-12-23(57(46,47)48)16-24(25)36(40)41/h12-13,16,21-22,26H,14-15,17-20H2,1-11H3,(H,42,43)(H,44,45)(H,46,47,48). The second-order valence-corrected chi connectivity index (χ2v) is 24.2. The summed E-state index contributed by atoms with van der Waals surface area (Å²) in [6.07, 6.45) is -0.697. The zero-order chi connectivity index (χ0) is 44.0. The van der Waals surface area contributed by atoms with Crippen molar-refractivity contribution >= 4 is 60.8 Å². The summed E-state index contributed by atoms with van der Waals surface area (Å²) in [4.78, 5) is 71.7. The summed E-state index contributed by atoms with van der Waals surface area (Å²) in [6.45, 7) is 17.3. The van der Waals surface area contributed by atoms with E-state index in [-0.39, 0.29) is 38.7 Å². The van der Waals surface area contributed by atoms with Gasteiger partial charge in [0.05, 0.1) is 40.0 Å². The van der Waals surface area contributed by atoms with Crippen molar-refractivity contribution in [3.63, 3.8) is 0 Å². The first kappa shape index (κ1) is 49.1. The molecule has 0 bridgehead atoms. The highest BCUT2D eigenvalue weighted by atomic mass is 32.2. The Balaban J connectivity index is 1.56. The molecule has 1 heterocycles. The summed E-state index contributed by atoms with van der Waals surface area (Å²) in [5.41, 5.74) is -4.06. The Hall–Kier alpha value is -2.29. The number of benzene rings is 1. The highest BCUT2D eigenvalue weighted by Gasteiger charge is 2.57. The molecule has 2 fully saturated rings. The van der Waals surface area contributed by atoms with E-state index in [4.69, 9.17) is 23.0 Å². The number of phosphoric ester groups is 1. The number of likely N-dealkylation sites (tertiary alicyclic amines) is 1. The molecule has 1 aliphatic carbocycles. The van der Waals surface area contributed by atoms with Crippen LogP contribution in [-0.2, 0) is 51.9 Å². The van der Waals surface area contributed by atoms with Gasteiger partial charge in [-0.25, -0.2) is 4.57 Å². The van der Waals surface area contributed by atoms with Gasteiger partial charge < -0.3 is 23.8 Å². The van der Waals surface area contributed by atoms with E-state index in [1.54, 1.807) is 62.3 Å². The predicted octanol–water partition coefficient (Wildman–Crippen LogP) is 6.39. The van der Waals surface area contributed by atoms with E-state index < -0.39 is 109 Å². The van der Waals surface area contributed by atoms with Gasteiger partial charge in [-0.1, -0.05) is 13.8 Å². The van der Waals surface area contributed by atoms with E-state index in [0.29, 0.717) is 6.07 Å². The summed E-state index contributed by atoms with van der Waals surface area (Å²) in [5, 5.41) is 9.00. The van der Waals surface area contributed by atoms with E-state index >= 15 is 0 Å². The third-order valence-electron chi connectivity index (χ3n) is 9.14. The molecule has 0 spiro atoms. The number of amides is 2. The molecule has 1 saturated carbocycles. The van der Waals surface area contributed by atoms with Crippen molar-refractivity contribution in [2.75, 3.05) is 6.61 Å². The number of nitro groups is 1. The lowest BCUT2D eigenvalue weighted by Gasteiger charge is -2.48. The number of phosphoric acid groups is 1. The summed E-state index contributed by atoms with van der Waals surface area (Å²) in [6, 6.07) is 2.27. The average Bonchev–Trinajstić information content (AvgIpc) is 3.23. The van der Waals surface area contributed by atoms with E-state index in [1.165, 1.54) is 25.6 Å². The normalized spacial score (nSPS) is 23.7. The molecule has 0 radical (unpaired) electrons. The number of hydrogen-bond donors (Lipinski definition) is 3. The first-order valence-electron chi connectivity index (χ1n) is 17.9. The van der Waals surface area contributed by atoms with Gasteiger partial charge in [-0.15, -0.1) is 11.8 Å². The van der Waals surface area contributed by atoms with Crippen molar-refractivity contribution < 1.29 is 74.2 Å². The SMILES string of the molecule is CC(CC(C)(C)SC1CC(=O)N(C2(C)CC(C(=O)Oc3ccc(S(=O)(=O)O)cc3[N+](=O)[O-])C2)C1=O)OP(=O)(O)C(C)(C)OCCC(C)(C)OP(=O)(O)OC(C)(C)C. The zero-order valence-electron chi connectivity index (χ0n) is 33.9. The minimum Gasteiger partial charge on any atom is -0.419 e. The Morgan fingerprint density at radius 3 is 2.18 bits per heavy atom. The lowest BCUT2D eigenvalue weighted by Crippen LogP contribution is -2.59. The Morgan fingerprint density at radius 2 is 1.65 bits per heavy atom. The number of ether oxygens (including phenoxy) is 2. The van der Waals surface area contributed by atoms with Crippen LogP contribution in [0.4, 0.5) is 5.69 Å². The smallest absolute Gasteiger partial charge is 0.419 e. The molecule has 2 aliphatic rings. The second-order valence-electron chi connectivity index (χ2n) is 17.2. The van der Waals surface area contributed by atoms with Crippen molar-refractivity contribution in [1.29, 1.82) is 0 Å². The fraction of sp³-hybridized carbons (Fsp3) is 0.735. The van der Waals surface area contributed by atoms with E-state index in [2.05, 4.69) is 0 Å². The molecule has 1 aliphatic heterocycles. The molecule has 57 heavy (non-hydrogen) atoms. The monoisotopic (exact) mass is 888 g/mol. The summed E-state index contributed by atoms with van der Waals surface area (Å²) >= 11 is 1.20. The molecular weight excluding hydrogens is 834 g/mol. The Bertz CT molecular complexity index is 1940. The van der Waals surface area contributed by atoms with Gasteiger partial charge in [0, 0.05) is 22.8 Å². The van der Waals surface area contributed by atoms with Crippen LogP contribution in [0.2, 0.25) is 0 Å². The predicted molar refractivity (Wildman–Crippen MR) is 207 cm³/mol. The molecule has 0 aromatic heterocycles. The molecule has 4 unspecified atom stereocenters. The highest BCUT2D eigenvalue weighted by molar-refractivity contribution is 8.02. The number of esters is 1. The maximum absolute atomic E-state index is 13.6. The molecule has 19 nitrogen and oxygen atoms in total. The van der Waals surface area contributed by atoms with Gasteiger partial charge in [0.1, 0.15) is 4.90 Å². The third-order valence-corrected chi connectivity index (χ3v) is 15.1. The van der Waals surface area contributed by atoms with Gasteiger partial charge in [0.25, 0.3) is 10.1 Å². The zero-order valence-corrected chi connectivity index (χ0v) is 37.3. The van der Waals surface area contributed by atoms with Crippen LogP contribution in [0.15, 0.2) is 23.1 Å². The number of rotatable bonds is 19. The van der Waals surface area contributed by atoms with E-state index in [1.807, 2.05) is 0 Å². The van der Waals surface area contributed by atoms with Crippen LogP contribution < -0.4 is 4.74 Å². The minimum atomic E-state index is -4.76. The van der Waals surface area contributed by atoms with Gasteiger partial charge in [-0.3, -0.25) is 47.6 Å². The molecule has 3 N–H and O–H groups in total. The van der Waals surface area contributed by atoms with Crippen LogP contribution in [0.3, 0.4) is 0 Å². The number of carbonyl (C=O) groups excluding carboxylic acids is 3. The fourth-order valence-corrected chi connectivity index (χ4v) is 11.1. The maximum Gasteiger partial charge on any atom is 0.473 e. The molecule has 3 rings (SSSR count). The summed E-state index contributed by atoms with van der Waals surface area (Å²) in [7, 11) is -13.7. The van der Waals surface area contributed by atoms with Gasteiger partial charge in [0.2, 0.25) is 17.6 Å². The second kappa shape index (κ2) is 17.0. The van der Waals surface area contributed by atoms with Crippen LogP contribution >= 0.6 is 27.2 Å². The number of carbonyl (C=O) groups is 3. The average molecular weight is 889 g/mol. The Labute approximate surface area is 336 Å². The Kier molecular flexibility index (Phi) is 14.6. The molecule has 2 amide bonds. The third kappa shape index (κ3) is 13.1. The number of nitro benzene ring substituents is 1. The largest absolute Gasteiger partial charge is 0.473 e. The molecule has 4 atom stereocenters. The van der Waals surface area contributed by atoms with E-state index in [0.717, 1.165) is 17.0 Å². The van der Waals surface area contributed by atoms with Crippen LogP contribution in [0, 0.1) is 16.0 Å². The van der Waals surface area contributed by atoms with Gasteiger partial charge in [-0.2, -0.15) is 8.42 Å². The first-order chi connectivity index (χ1) is 25.5. The van der Waals surface area contributed by atoms with E-state index in [9.17, 15) is 56.4 Å². The lowest BCUT2D eigenvalue weighted by atomic mass is 9.68. The van der Waals surface area contributed by atoms with Gasteiger partial charge >= 0.3 is 27.1 Å². The van der Waals surface area contributed by atoms with Gasteiger partial charge in [-0.05, 0) is 100 Å². The van der Waals surface area contributed by atoms with Crippen molar-refractivity contribution in [2.24, 2.45) is 5.92 Å². The maximum atomic E-state index is 13.6. The topological polar surface area (TPSA) is 273 Å². The lowest BCUT2D eigenvalue weighted by molar-refractivity contribution is -0.385. The molecule has 324 valence electrons. The van der Waals surface area contributed by atoms with Gasteiger partial charge in [0.15, 0.2) is 5.34 Å². The first-order valence-corrected chi connectivity index (χ1v) is 23.3. The number of nitrogens with zero attached hydrogens (tertiary/aromatic N) is 2.